The maximum atomic E-state index is 12.5. The zero-order chi connectivity index (χ0) is 21.0. The number of hydrogen-bond acceptors (Lipinski definition) is 4. The van der Waals surface area contributed by atoms with Gasteiger partial charge in [0, 0.05) is 18.4 Å². The molecule has 0 bridgehead atoms. The van der Waals surface area contributed by atoms with E-state index < -0.39 is 23.5 Å². The fourth-order valence-electron chi connectivity index (χ4n) is 4.01. The molecule has 6 nitrogen and oxygen atoms in total. The standard InChI is InChI=1S/C23H27NO5/c1-4-23(2,14-28-3)20(21(25)26)24-22(27)29-13-19-17-11-7-5-9-15(17)16-10-6-8-12-18(16)19/h5-12,19-20H,4,13-14H2,1-3H3,(H,24,27)(H,25,26)/t20-,23-/m1/s1. The van der Waals surface area contributed by atoms with Crippen molar-refractivity contribution in [1.29, 1.82) is 0 Å². The second kappa shape index (κ2) is 8.66. The lowest BCUT2D eigenvalue weighted by molar-refractivity contribution is -0.144. The van der Waals surface area contributed by atoms with Crippen LogP contribution in [0.2, 0.25) is 0 Å². The van der Waals surface area contributed by atoms with Gasteiger partial charge >= 0.3 is 12.1 Å². The fraction of sp³-hybridized carbons (Fsp3) is 0.391. The number of methoxy groups -OCH3 is 1. The summed E-state index contributed by atoms with van der Waals surface area (Å²) in [7, 11) is 1.51. The highest BCUT2D eigenvalue weighted by Crippen LogP contribution is 2.44. The third-order valence-corrected chi connectivity index (χ3v) is 5.83. The number of aliphatic carboxylic acids is 1. The van der Waals surface area contributed by atoms with Crippen molar-refractivity contribution in [1.82, 2.24) is 5.32 Å². The highest BCUT2D eigenvalue weighted by Gasteiger charge is 2.40. The Balaban J connectivity index is 1.73. The van der Waals surface area contributed by atoms with E-state index in [1.54, 1.807) is 6.92 Å². The summed E-state index contributed by atoms with van der Waals surface area (Å²) in [6.45, 7) is 4.00. The number of nitrogens with one attached hydrogen (secondary N) is 1. The quantitative estimate of drug-likeness (QED) is 0.702. The van der Waals surface area contributed by atoms with Gasteiger partial charge in [0.15, 0.2) is 0 Å². The van der Waals surface area contributed by atoms with Crippen LogP contribution < -0.4 is 5.32 Å². The topological polar surface area (TPSA) is 84.9 Å². The predicted molar refractivity (Wildman–Crippen MR) is 110 cm³/mol. The number of carboxylic acid groups (broad SMARTS) is 1. The molecule has 0 radical (unpaired) electrons. The lowest BCUT2D eigenvalue weighted by Gasteiger charge is -2.33. The summed E-state index contributed by atoms with van der Waals surface area (Å²) in [6, 6.07) is 15.0. The maximum absolute atomic E-state index is 12.5. The summed E-state index contributed by atoms with van der Waals surface area (Å²) in [4.78, 5) is 24.2. The number of amides is 1. The number of carbonyl (C=O) groups is 2. The summed E-state index contributed by atoms with van der Waals surface area (Å²) in [6.07, 6.45) is -0.211. The van der Waals surface area contributed by atoms with Crippen molar-refractivity contribution in [2.75, 3.05) is 20.3 Å². The van der Waals surface area contributed by atoms with Gasteiger partial charge in [0.05, 0.1) is 6.61 Å². The number of benzene rings is 2. The molecule has 0 heterocycles. The monoisotopic (exact) mass is 397 g/mol. The van der Waals surface area contributed by atoms with Crippen LogP contribution in [0.3, 0.4) is 0 Å². The molecule has 0 unspecified atom stereocenters. The smallest absolute Gasteiger partial charge is 0.407 e. The summed E-state index contributed by atoms with van der Waals surface area (Å²) >= 11 is 0. The van der Waals surface area contributed by atoms with Gasteiger partial charge in [-0.1, -0.05) is 62.4 Å². The van der Waals surface area contributed by atoms with E-state index in [1.807, 2.05) is 43.3 Å². The van der Waals surface area contributed by atoms with Crippen LogP contribution in [0, 0.1) is 5.41 Å². The maximum Gasteiger partial charge on any atom is 0.407 e. The van der Waals surface area contributed by atoms with Crippen LogP contribution in [0.15, 0.2) is 48.5 Å². The van der Waals surface area contributed by atoms with Crippen LogP contribution in [0.25, 0.3) is 11.1 Å². The summed E-state index contributed by atoms with van der Waals surface area (Å²) < 4.78 is 10.7. The number of hydrogen-bond donors (Lipinski definition) is 2. The fourth-order valence-corrected chi connectivity index (χ4v) is 4.01. The molecule has 29 heavy (non-hydrogen) atoms. The first-order chi connectivity index (χ1) is 13.9. The van der Waals surface area contributed by atoms with E-state index in [1.165, 1.54) is 7.11 Å². The number of fused-ring (bicyclic) bond motifs is 3. The van der Waals surface area contributed by atoms with Crippen LogP contribution in [0.5, 0.6) is 0 Å². The Kier molecular flexibility index (Phi) is 6.23. The molecule has 0 spiro atoms. The zero-order valence-electron chi connectivity index (χ0n) is 17.0. The molecule has 3 rings (SSSR count). The van der Waals surface area contributed by atoms with E-state index >= 15 is 0 Å². The van der Waals surface area contributed by atoms with E-state index in [4.69, 9.17) is 9.47 Å². The Morgan fingerprint density at radius 3 is 2.14 bits per heavy atom. The first-order valence-corrected chi connectivity index (χ1v) is 9.74. The van der Waals surface area contributed by atoms with Crippen molar-refractivity contribution >= 4 is 12.1 Å². The van der Waals surface area contributed by atoms with Gasteiger partial charge in [-0.25, -0.2) is 9.59 Å². The molecule has 2 N–H and O–H groups in total. The number of ether oxygens (including phenoxy) is 2. The van der Waals surface area contributed by atoms with Crippen LogP contribution in [-0.4, -0.2) is 43.5 Å². The van der Waals surface area contributed by atoms with Crippen LogP contribution in [0.1, 0.15) is 37.3 Å². The van der Waals surface area contributed by atoms with Gasteiger partial charge in [-0.3, -0.25) is 0 Å². The second-order valence-corrected chi connectivity index (χ2v) is 7.68. The third-order valence-electron chi connectivity index (χ3n) is 5.83. The molecule has 2 atom stereocenters. The minimum atomic E-state index is -1.11. The molecule has 0 aromatic heterocycles. The molecule has 6 heteroatoms. The second-order valence-electron chi connectivity index (χ2n) is 7.68. The lowest BCUT2D eigenvalue weighted by Crippen LogP contribution is -2.53. The first kappa shape index (κ1) is 20.9. The third kappa shape index (κ3) is 4.12. The van der Waals surface area contributed by atoms with Crippen LogP contribution >= 0.6 is 0 Å². The van der Waals surface area contributed by atoms with Crippen molar-refractivity contribution in [3.05, 3.63) is 59.7 Å². The van der Waals surface area contributed by atoms with Crippen molar-refractivity contribution < 1.29 is 24.2 Å². The normalized spacial score (nSPS) is 15.7. The van der Waals surface area contributed by atoms with E-state index in [0.29, 0.717) is 6.42 Å². The Bertz CT molecular complexity index is 851. The zero-order valence-corrected chi connectivity index (χ0v) is 17.0. The highest BCUT2D eigenvalue weighted by molar-refractivity contribution is 5.81. The Morgan fingerprint density at radius 1 is 1.10 bits per heavy atom. The van der Waals surface area contributed by atoms with E-state index in [-0.39, 0.29) is 19.1 Å². The Hall–Kier alpha value is -2.86. The molecule has 0 saturated carbocycles. The first-order valence-electron chi connectivity index (χ1n) is 9.74. The van der Waals surface area contributed by atoms with E-state index in [2.05, 4.69) is 17.4 Å². The van der Waals surface area contributed by atoms with Crippen molar-refractivity contribution in [3.63, 3.8) is 0 Å². The average Bonchev–Trinajstić information content (AvgIpc) is 3.04. The van der Waals surface area contributed by atoms with Gasteiger partial charge in [0.1, 0.15) is 12.6 Å². The van der Waals surface area contributed by atoms with Gasteiger partial charge in [-0.05, 0) is 28.7 Å². The number of rotatable bonds is 8. The number of carbonyl (C=O) groups excluding carboxylic acids is 1. The van der Waals surface area contributed by atoms with Crippen molar-refractivity contribution in [2.24, 2.45) is 5.41 Å². The van der Waals surface area contributed by atoms with Gasteiger partial charge in [0.25, 0.3) is 0 Å². The van der Waals surface area contributed by atoms with E-state index in [9.17, 15) is 14.7 Å². The number of alkyl carbamates (subject to hydrolysis) is 1. The SMILES string of the molecule is CC[C@](C)(COC)[C@H](NC(=O)OCC1c2ccccc2-c2ccccc21)C(=O)O. The summed E-state index contributed by atoms with van der Waals surface area (Å²) in [5.74, 6) is -1.19. The highest BCUT2D eigenvalue weighted by atomic mass is 16.5. The van der Waals surface area contributed by atoms with Gasteiger partial charge < -0.3 is 19.9 Å². The molecule has 154 valence electrons. The minimum Gasteiger partial charge on any atom is -0.480 e. The molecule has 2 aromatic rings. The molecule has 1 amide bonds. The van der Waals surface area contributed by atoms with Gasteiger partial charge in [-0.2, -0.15) is 0 Å². The molecule has 1 aliphatic carbocycles. The number of carboxylic acids is 1. The Morgan fingerprint density at radius 2 is 1.66 bits per heavy atom. The van der Waals surface area contributed by atoms with Crippen LogP contribution in [0.4, 0.5) is 4.79 Å². The average molecular weight is 397 g/mol. The molecular formula is C23H27NO5. The molecule has 0 aliphatic heterocycles. The predicted octanol–water partition coefficient (Wildman–Crippen LogP) is 4.04. The summed E-state index contributed by atoms with van der Waals surface area (Å²) in [5.41, 5.74) is 3.74. The Labute approximate surface area is 170 Å². The molecule has 2 aromatic carbocycles. The molecule has 0 saturated heterocycles. The molecule has 1 aliphatic rings. The molecule has 0 fully saturated rings. The largest absolute Gasteiger partial charge is 0.480 e. The van der Waals surface area contributed by atoms with E-state index in [0.717, 1.165) is 22.3 Å². The molecular weight excluding hydrogens is 370 g/mol. The minimum absolute atomic E-state index is 0.0760. The summed E-state index contributed by atoms with van der Waals surface area (Å²) in [5, 5.41) is 12.2. The lowest BCUT2D eigenvalue weighted by atomic mass is 9.80. The van der Waals surface area contributed by atoms with Crippen LogP contribution in [-0.2, 0) is 14.3 Å². The van der Waals surface area contributed by atoms with Gasteiger partial charge in [-0.15, -0.1) is 0 Å². The van der Waals surface area contributed by atoms with Crippen molar-refractivity contribution in [3.8, 4) is 11.1 Å². The van der Waals surface area contributed by atoms with Crippen molar-refractivity contribution in [2.45, 2.75) is 32.2 Å². The van der Waals surface area contributed by atoms with Gasteiger partial charge in [0.2, 0.25) is 0 Å².